The molecule has 0 fully saturated rings. The van der Waals surface area contributed by atoms with Gasteiger partial charge >= 0.3 is 19.5 Å². The van der Waals surface area contributed by atoms with Crippen molar-refractivity contribution >= 4 is 47.8 Å². The first-order chi connectivity index (χ1) is 11.3. The van der Waals surface area contributed by atoms with E-state index in [9.17, 15) is 4.79 Å². The number of hydrogen-bond donors (Lipinski definition) is 1. The van der Waals surface area contributed by atoms with Crippen molar-refractivity contribution in [2.45, 2.75) is 5.12 Å². The number of carbonyl (C=O) groups excluding carboxylic acids is 1. The molecule has 0 saturated heterocycles. The number of rotatable bonds is 8. The molecule has 0 aliphatic carbocycles. The minimum absolute atomic E-state index is 0. The summed E-state index contributed by atoms with van der Waals surface area (Å²) in [5, 5.41) is 5.02. The molecular formula is C18H19ClNOPRuS+2. The van der Waals surface area contributed by atoms with Gasteiger partial charge in [-0.3, -0.25) is 0 Å². The van der Waals surface area contributed by atoms with Gasteiger partial charge in [-0.1, -0.05) is 60.7 Å². The summed E-state index contributed by atoms with van der Waals surface area (Å²) in [6.07, 6.45) is 2.03. The van der Waals surface area contributed by atoms with Crippen LogP contribution in [0.4, 0.5) is 0 Å². The van der Waals surface area contributed by atoms with Crippen LogP contribution in [0.1, 0.15) is 0 Å². The van der Waals surface area contributed by atoms with E-state index in [-0.39, 0.29) is 19.5 Å². The molecule has 6 heteroatoms. The van der Waals surface area contributed by atoms with E-state index in [1.165, 1.54) is 0 Å². The van der Waals surface area contributed by atoms with Gasteiger partial charge in [0.05, 0.1) is 0 Å². The monoisotopic (exact) mass is 465 g/mol. The van der Waals surface area contributed by atoms with E-state index in [0.29, 0.717) is 12.2 Å². The molecule has 24 heavy (non-hydrogen) atoms. The molecule has 2 aromatic carbocycles. The molecule has 0 radical (unpaired) electrons. The summed E-state index contributed by atoms with van der Waals surface area (Å²) < 4.78 is 0. The Morgan fingerprint density at radius 1 is 1.12 bits per heavy atom. The number of halogens is 1. The third-order valence-electron chi connectivity index (χ3n) is 3.27. The summed E-state index contributed by atoms with van der Waals surface area (Å²) >= 11 is 8.44. The van der Waals surface area contributed by atoms with Crippen LogP contribution in [0.25, 0.3) is 0 Å². The maximum absolute atomic E-state index is 11.4. The van der Waals surface area contributed by atoms with Gasteiger partial charge < -0.3 is 5.32 Å². The minimum Gasteiger partial charge on any atom is -0.377 e. The van der Waals surface area contributed by atoms with Crippen LogP contribution in [0.5, 0.6) is 0 Å². The van der Waals surface area contributed by atoms with Crippen molar-refractivity contribution in [2.24, 2.45) is 0 Å². The van der Waals surface area contributed by atoms with Crippen molar-refractivity contribution < 1.29 is 24.3 Å². The summed E-state index contributed by atoms with van der Waals surface area (Å²) in [5.41, 5.74) is 0.444. The van der Waals surface area contributed by atoms with Crippen molar-refractivity contribution in [3.05, 3.63) is 66.4 Å². The molecule has 0 spiro atoms. The van der Waals surface area contributed by atoms with Crippen LogP contribution in [0, 0.1) is 0 Å². The Labute approximate surface area is 167 Å². The second-order valence-electron chi connectivity index (χ2n) is 4.81. The smallest absolute Gasteiger partial charge is 0.377 e. The predicted octanol–water partition coefficient (Wildman–Crippen LogP) is 3.35. The predicted molar refractivity (Wildman–Crippen MR) is 104 cm³/mol. The molecule has 0 saturated carbocycles. The first-order valence-corrected chi connectivity index (χ1v) is 10.5. The number of hydrogen-bond acceptors (Lipinski definition) is 3. The Hall–Kier alpha value is -0.617. The molecule has 2 rings (SSSR count). The molecule has 1 unspecified atom stereocenters. The van der Waals surface area contributed by atoms with Gasteiger partial charge in [0.2, 0.25) is 0 Å². The second-order valence-corrected chi connectivity index (χ2v) is 8.83. The molecule has 0 aromatic heterocycles. The van der Waals surface area contributed by atoms with Crippen LogP contribution >= 0.6 is 31.3 Å². The third kappa shape index (κ3) is 6.03. The molecule has 0 amide bonds. The Morgan fingerprint density at radius 3 is 2.04 bits per heavy atom. The molecular weight excluding hydrogens is 446 g/mol. The zero-order valence-corrected chi connectivity index (χ0v) is 17.5. The van der Waals surface area contributed by atoms with E-state index in [1.807, 2.05) is 48.6 Å². The fraction of sp³-hybridized carbons (Fsp3) is 0.222. The maximum atomic E-state index is 11.4. The first-order valence-electron chi connectivity index (χ1n) is 7.29. The van der Waals surface area contributed by atoms with Crippen molar-refractivity contribution in [3.8, 4) is 0 Å². The van der Waals surface area contributed by atoms with Gasteiger partial charge in [0.1, 0.15) is 16.8 Å². The van der Waals surface area contributed by atoms with Crippen molar-refractivity contribution in [1.82, 2.24) is 5.32 Å². The normalized spacial score (nSPS) is 11.3. The first kappa shape index (κ1) is 21.4. The number of nitrogens with one attached hydrogen (secondary N) is 1. The van der Waals surface area contributed by atoms with Crippen molar-refractivity contribution in [3.63, 3.8) is 0 Å². The van der Waals surface area contributed by atoms with Crippen LogP contribution in [0.15, 0.2) is 66.4 Å². The zero-order valence-electron chi connectivity index (χ0n) is 13.3. The van der Waals surface area contributed by atoms with Crippen LogP contribution in [-0.4, -0.2) is 29.6 Å². The molecule has 0 heterocycles. The fourth-order valence-electron chi connectivity index (χ4n) is 2.17. The number of benzene rings is 2. The van der Waals surface area contributed by atoms with Crippen LogP contribution in [0.3, 0.4) is 0 Å². The average Bonchev–Trinajstić information content (AvgIpc) is 2.61. The maximum Gasteiger partial charge on any atom is 2.00 e. The average molecular weight is 465 g/mol. The van der Waals surface area contributed by atoms with Crippen molar-refractivity contribution in [2.75, 3.05) is 18.6 Å². The fourth-order valence-corrected chi connectivity index (χ4v) is 5.49. The van der Waals surface area contributed by atoms with Crippen LogP contribution in [0.2, 0.25) is 0 Å². The third-order valence-corrected chi connectivity index (χ3v) is 7.10. The van der Waals surface area contributed by atoms with Crippen LogP contribution in [-0.2, 0) is 24.3 Å². The molecule has 2 aromatic rings. The number of allylic oxidation sites excluding steroid dienone is 1. The topological polar surface area (TPSA) is 29.1 Å². The number of alkyl halides is 1. The summed E-state index contributed by atoms with van der Waals surface area (Å²) in [4.78, 5) is 11.4. The SMILES string of the molecule is CSCCNC(=C=O)C(Cl)P(c1ccccc1)c1ccccc1.[Ru+2]. The molecule has 126 valence electrons. The molecule has 0 aliphatic heterocycles. The number of thioether (sulfide) groups is 1. The molecule has 1 N–H and O–H groups in total. The van der Waals surface area contributed by atoms with Gasteiger partial charge in [-0.25, -0.2) is 4.79 Å². The summed E-state index contributed by atoms with van der Waals surface area (Å²) in [5.74, 6) is 2.93. The quantitative estimate of drug-likeness (QED) is 0.214. The molecule has 2 nitrogen and oxygen atoms in total. The Balaban J connectivity index is 0.00000288. The summed E-state index contributed by atoms with van der Waals surface area (Å²) in [6, 6.07) is 20.3. The Kier molecular flexibility index (Phi) is 10.6. The van der Waals surface area contributed by atoms with E-state index in [0.717, 1.165) is 16.4 Å². The van der Waals surface area contributed by atoms with Gasteiger partial charge in [0.25, 0.3) is 0 Å². The van der Waals surface area contributed by atoms with Gasteiger partial charge in [0, 0.05) is 12.3 Å². The van der Waals surface area contributed by atoms with Gasteiger partial charge in [0.15, 0.2) is 0 Å². The zero-order chi connectivity index (χ0) is 16.5. The molecule has 0 bridgehead atoms. The summed E-state index contributed by atoms with van der Waals surface area (Å²) in [7, 11) is -0.882. The van der Waals surface area contributed by atoms with Gasteiger partial charge in [-0.05, 0) is 24.8 Å². The largest absolute Gasteiger partial charge is 2.00 e. The molecule has 1 atom stereocenters. The van der Waals surface area contributed by atoms with E-state index >= 15 is 0 Å². The van der Waals surface area contributed by atoms with E-state index < -0.39 is 13.0 Å². The second kappa shape index (κ2) is 11.9. The molecule has 0 aliphatic rings. The van der Waals surface area contributed by atoms with Gasteiger partial charge in [-0.2, -0.15) is 11.8 Å². The standard InChI is InChI=1S/C18H19ClNOPS.Ru/c1-23-13-12-20-17(14-21)18(19)22(15-8-4-2-5-9-15)16-10-6-3-7-11-16;/h2-11,18,20H,12-13H2,1H3;/q;+2. The Bertz CT molecular complexity index is 613. The Morgan fingerprint density at radius 2 is 1.62 bits per heavy atom. The minimum atomic E-state index is -0.882. The summed E-state index contributed by atoms with van der Waals surface area (Å²) in [6.45, 7) is 0.710. The van der Waals surface area contributed by atoms with E-state index in [1.54, 1.807) is 11.8 Å². The van der Waals surface area contributed by atoms with Gasteiger partial charge in [-0.15, -0.1) is 11.6 Å². The van der Waals surface area contributed by atoms with E-state index in [4.69, 9.17) is 11.6 Å². The van der Waals surface area contributed by atoms with Crippen molar-refractivity contribution in [1.29, 1.82) is 0 Å². The van der Waals surface area contributed by atoms with Crippen LogP contribution < -0.4 is 15.9 Å². The van der Waals surface area contributed by atoms with E-state index in [2.05, 4.69) is 29.6 Å².